The van der Waals surface area contributed by atoms with Gasteiger partial charge in [0.2, 0.25) is 11.6 Å². The molecule has 12 heteroatoms. The largest absolute Gasteiger partial charge is 0.452 e. The number of rotatable bonds is 9. The smallest absolute Gasteiger partial charge is 0.415 e. The Balaban J connectivity index is 1.56. The van der Waals surface area contributed by atoms with Crippen molar-refractivity contribution < 1.29 is 32.3 Å². The minimum absolute atomic E-state index is 0.0703. The van der Waals surface area contributed by atoms with E-state index >= 15 is 0 Å². The summed E-state index contributed by atoms with van der Waals surface area (Å²) in [7, 11) is -4.27. The molecule has 11 nitrogen and oxygen atoms in total. The number of benzene rings is 1. The molecule has 0 fully saturated rings. The monoisotopic (exact) mass is 498 g/mol. The van der Waals surface area contributed by atoms with Crippen LogP contribution in [0.2, 0.25) is 0 Å². The standard InChI is InChI=1S/C23H22N4O7S/c1-14(2)11-15(25-18-12-19(28)20-17(21(18)29)9-6-10-24-20)13-33-22-23(27(30)34-26-22)35(31,32)16-7-4-3-5-8-16/h3-10,12,14-15,25H,11,13H2,1-2H3. The first kappa shape index (κ1) is 24.1. The van der Waals surface area contributed by atoms with Crippen LogP contribution >= 0.6 is 0 Å². The fraction of sp³-hybridized carbons (Fsp3) is 0.261. The van der Waals surface area contributed by atoms with Crippen molar-refractivity contribution in [3.05, 3.63) is 76.9 Å². The van der Waals surface area contributed by atoms with Gasteiger partial charge in [-0.25, -0.2) is 8.42 Å². The second kappa shape index (κ2) is 9.66. The highest BCUT2D eigenvalue weighted by Crippen LogP contribution is 2.25. The molecule has 2 aromatic heterocycles. The van der Waals surface area contributed by atoms with E-state index in [2.05, 4.69) is 20.1 Å². The molecule has 1 N–H and O–H groups in total. The Morgan fingerprint density at radius 2 is 1.89 bits per heavy atom. The molecule has 0 amide bonds. The van der Waals surface area contributed by atoms with Gasteiger partial charge >= 0.3 is 10.9 Å². The number of pyridine rings is 1. The zero-order chi connectivity index (χ0) is 25.2. The predicted molar refractivity (Wildman–Crippen MR) is 120 cm³/mol. The Kier molecular flexibility index (Phi) is 6.65. The third-order valence-corrected chi connectivity index (χ3v) is 6.92. The average Bonchev–Trinajstić information content (AvgIpc) is 3.22. The van der Waals surface area contributed by atoms with Gasteiger partial charge in [0, 0.05) is 12.3 Å². The summed E-state index contributed by atoms with van der Waals surface area (Å²) in [6.07, 6.45) is 3.11. The summed E-state index contributed by atoms with van der Waals surface area (Å²) in [4.78, 5) is 28.9. The summed E-state index contributed by atoms with van der Waals surface area (Å²) in [6.45, 7) is 3.73. The van der Waals surface area contributed by atoms with Gasteiger partial charge in [0.1, 0.15) is 12.3 Å². The Morgan fingerprint density at radius 3 is 2.60 bits per heavy atom. The molecule has 0 saturated carbocycles. The second-order valence-corrected chi connectivity index (χ2v) is 10.2. The number of carbonyl (C=O) groups is 2. The highest BCUT2D eigenvalue weighted by Gasteiger charge is 2.36. The van der Waals surface area contributed by atoms with Crippen molar-refractivity contribution in [2.75, 3.05) is 6.61 Å². The molecule has 0 saturated heterocycles. The fourth-order valence-electron chi connectivity index (χ4n) is 3.68. The third-order valence-electron chi connectivity index (χ3n) is 5.20. The Hall–Kier alpha value is -4.06. The summed E-state index contributed by atoms with van der Waals surface area (Å²) in [6, 6.07) is 9.90. The number of nitrogens with one attached hydrogen (secondary N) is 1. The number of aromatic nitrogens is 3. The van der Waals surface area contributed by atoms with Gasteiger partial charge in [-0.05, 0) is 41.5 Å². The van der Waals surface area contributed by atoms with Crippen molar-refractivity contribution in [1.29, 1.82) is 0 Å². The van der Waals surface area contributed by atoms with Gasteiger partial charge in [-0.15, -0.1) is 0 Å². The van der Waals surface area contributed by atoms with Gasteiger partial charge < -0.3 is 15.3 Å². The zero-order valence-electron chi connectivity index (χ0n) is 18.9. The number of hydrogen-bond donors (Lipinski definition) is 1. The predicted octanol–water partition coefficient (Wildman–Crippen LogP) is 1.88. The molecule has 2 heterocycles. The maximum atomic E-state index is 13.0. The van der Waals surface area contributed by atoms with Crippen LogP contribution in [0.1, 0.15) is 41.1 Å². The molecular formula is C23H22N4O7S. The molecule has 182 valence electrons. The van der Waals surface area contributed by atoms with Crippen LogP contribution < -0.4 is 15.0 Å². The van der Waals surface area contributed by atoms with E-state index in [1.807, 2.05) is 13.8 Å². The number of ether oxygens (including phenoxy) is 1. The van der Waals surface area contributed by atoms with Gasteiger partial charge in [-0.3, -0.25) is 19.2 Å². The molecule has 1 aliphatic carbocycles. The van der Waals surface area contributed by atoms with E-state index in [9.17, 15) is 23.2 Å². The van der Waals surface area contributed by atoms with E-state index < -0.39 is 38.4 Å². The van der Waals surface area contributed by atoms with E-state index in [4.69, 9.17) is 4.74 Å². The zero-order valence-corrected chi connectivity index (χ0v) is 19.7. The molecule has 0 radical (unpaired) electrons. The van der Waals surface area contributed by atoms with Crippen LogP contribution in [0.25, 0.3) is 0 Å². The quantitative estimate of drug-likeness (QED) is 0.432. The Bertz CT molecular complexity index is 1400. The number of fused-ring (bicyclic) bond motifs is 1. The number of carbonyl (C=O) groups excluding carboxylic acids is 2. The van der Waals surface area contributed by atoms with E-state index in [1.54, 1.807) is 12.1 Å². The van der Waals surface area contributed by atoms with Crippen LogP contribution in [0.3, 0.4) is 0 Å². The molecule has 0 spiro atoms. The van der Waals surface area contributed by atoms with Gasteiger partial charge in [-0.1, -0.05) is 32.0 Å². The van der Waals surface area contributed by atoms with Crippen molar-refractivity contribution in [3.8, 4) is 5.88 Å². The molecule has 0 aliphatic heterocycles. The average molecular weight is 499 g/mol. The van der Waals surface area contributed by atoms with Crippen molar-refractivity contribution >= 4 is 21.4 Å². The van der Waals surface area contributed by atoms with E-state index in [1.165, 1.54) is 42.6 Å². The first-order chi connectivity index (χ1) is 16.7. The lowest BCUT2D eigenvalue weighted by Crippen LogP contribution is -2.39. The molecule has 4 rings (SSSR count). The summed E-state index contributed by atoms with van der Waals surface area (Å²) >= 11 is 0. The molecule has 0 bridgehead atoms. The van der Waals surface area contributed by atoms with Gasteiger partial charge in [-0.2, -0.15) is 0 Å². The molecular weight excluding hydrogens is 476 g/mol. The van der Waals surface area contributed by atoms with Gasteiger partial charge in [0.15, 0.2) is 0 Å². The number of ketones is 2. The van der Waals surface area contributed by atoms with Crippen molar-refractivity contribution in [2.24, 2.45) is 5.92 Å². The van der Waals surface area contributed by atoms with E-state index in [0.717, 1.165) is 0 Å². The molecule has 1 unspecified atom stereocenters. The summed E-state index contributed by atoms with van der Waals surface area (Å²) < 4.78 is 36.0. The first-order valence-electron chi connectivity index (χ1n) is 10.7. The van der Waals surface area contributed by atoms with Crippen LogP contribution in [0, 0.1) is 11.1 Å². The third kappa shape index (κ3) is 4.92. The van der Waals surface area contributed by atoms with Crippen molar-refractivity contribution in [2.45, 2.75) is 36.2 Å². The van der Waals surface area contributed by atoms with Crippen LogP contribution in [-0.2, 0) is 9.84 Å². The number of allylic oxidation sites excluding steroid dienone is 2. The number of nitrogens with zero attached hydrogens (tertiary/aromatic N) is 3. The molecule has 1 aliphatic rings. The second-order valence-electron chi connectivity index (χ2n) is 8.29. The highest BCUT2D eigenvalue weighted by molar-refractivity contribution is 7.91. The number of hydrogen-bond acceptors (Lipinski definition) is 10. The minimum atomic E-state index is -4.27. The molecule has 1 aromatic carbocycles. The lowest BCUT2D eigenvalue weighted by molar-refractivity contribution is -0.832. The highest BCUT2D eigenvalue weighted by atomic mass is 32.2. The van der Waals surface area contributed by atoms with Crippen LogP contribution in [-0.4, -0.2) is 42.8 Å². The summed E-state index contributed by atoms with van der Waals surface area (Å²) in [5.74, 6) is -1.16. The molecule has 1 atom stereocenters. The summed E-state index contributed by atoms with van der Waals surface area (Å²) in [5, 5.41) is 17.8. The van der Waals surface area contributed by atoms with Gasteiger partial charge in [0.25, 0.3) is 9.84 Å². The minimum Gasteiger partial charge on any atom is -0.452 e. The SMILES string of the molecule is CC(C)CC(COc1no[n+]([O-])c1S(=O)(=O)c1ccccc1)NC1=CC(=O)c2ncccc2C1=O. The van der Waals surface area contributed by atoms with E-state index in [-0.39, 0.29) is 39.3 Å². The van der Waals surface area contributed by atoms with Crippen LogP contribution in [0.4, 0.5) is 0 Å². The van der Waals surface area contributed by atoms with Gasteiger partial charge in [0.05, 0.1) is 27.4 Å². The Morgan fingerprint density at radius 1 is 1.14 bits per heavy atom. The molecule has 35 heavy (non-hydrogen) atoms. The molecule has 3 aromatic rings. The normalized spacial score (nSPS) is 14.4. The maximum absolute atomic E-state index is 13.0. The first-order valence-corrected chi connectivity index (χ1v) is 12.2. The van der Waals surface area contributed by atoms with Crippen LogP contribution in [0.15, 0.2) is 75.0 Å². The van der Waals surface area contributed by atoms with Crippen molar-refractivity contribution in [3.63, 3.8) is 0 Å². The van der Waals surface area contributed by atoms with E-state index in [0.29, 0.717) is 6.42 Å². The number of sulfone groups is 1. The Labute approximate surface area is 200 Å². The topological polar surface area (TPSA) is 155 Å². The lowest BCUT2D eigenvalue weighted by Gasteiger charge is -2.24. The maximum Gasteiger partial charge on any atom is 0.415 e. The van der Waals surface area contributed by atoms with Crippen LogP contribution in [0.5, 0.6) is 5.88 Å². The lowest BCUT2D eigenvalue weighted by atomic mass is 9.96. The number of Topliss-reactive ketones (excluding diaryl/α,β-unsaturated/α-hetero) is 1. The summed E-state index contributed by atoms with van der Waals surface area (Å²) in [5.41, 5.74) is 0.339. The van der Waals surface area contributed by atoms with Crippen molar-refractivity contribution in [1.82, 2.24) is 15.5 Å². The fourth-order valence-corrected chi connectivity index (χ4v) is 4.97.